The molecule has 23 heavy (non-hydrogen) atoms. The first-order valence-electron chi connectivity index (χ1n) is 8.03. The normalized spacial score (nSPS) is 13.2. The van der Waals surface area contributed by atoms with Crippen LogP contribution < -0.4 is 0 Å². The van der Waals surface area contributed by atoms with Gasteiger partial charge in [0.1, 0.15) is 5.75 Å². The van der Waals surface area contributed by atoms with E-state index < -0.39 is 0 Å². The lowest BCUT2D eigenvalue weighted by Crippen LogP contribution is -2.04. The van der Waals surface area contributed by atoms with Gasteiger partial charge in [0, 0.05) is 11.3 Å². The van der Waals surface area contributed by atoms with Gasteiger partial charge in [0.05, 0.1) is 6.04 Å². The van der Waals surface area contributed by atoms with Gasteiger partial charge in [-0.15, -0.1) is 0 Å². The standard InChI is InChI=1S/C21H21NO/c1-3-19(22-15(2)16-9-5-4-6-10-16)21-18-12-8-7-11-17(18)13-14-20(21)23/h4-15,23H,3H2,1-2H3/t15-/m0/s1. The fourth-order valence-corrected chi connectivity index (χ4v) is 2.94. The summed E-state index contributed by atoms with van der Waals surface area (Å²) < 4.78 is 0. The maximum absolute atomic E-state index is 10.4. The van der Waals surface area contributed by atoms with Crippen LogP contribution in [-0.2, 0) is 0 Å². The minimum Gasteiger partial charge on any atom is -0.507 e. The SMILES string of the molecule is CCC(=N[C@@H](C)c1ccccc1)c1c(O)ccc2ccccc12. The van der Waals surface area contributed by atoms with Gasteiger partial charge in [0.15, 0.2) is 0 Å². The zero-order valence-electron chi connectivity index (χ0n) is 13.5. The summed E-state index contributed by atoms with van der Waals surface area (Å²) in [5, 5.41) is 12.6. The molecule has 3 aromatic carbocycles. The highest BCUT2D eigenvalue weighted by atomic mass is 16.3. The number of hydrogen-bond acceptors (Lipinski definition) is 2. The first kappa shape index (κ1) is 15.3. The Balaban J connectivity index is 2.11. The Morgan fingerprint density at radius 3 is 2.39 bits per heavy atom. The Bertz CT molecular complexity index is 837. The van der Waals surface area contributed by atoms with Gasteiger partial charge in [-0.25, -0.2) is 0 Å². The van der Waals surface area contributed by atoms with Crippen LogP contribution in [0.3, 0.4) is 0 Å². The predicted molar refractivity (Wildman–Crippen MR) is 97.3 cm³/mol. The summed E-state index contributed by atoms with van der Waals surface area (Å²) in [5.41, 5.74) is 2.97. The van der Waals surface area contributed by atoms with E-state index in [1.807, 2.05) is 42.5 Å². The average Bonchev–Trinajstić information content (AvgIpc) is 2.60. The molecule has 3 aromatic rings. The van der Waals surface area contributed by atoms with Gasteiger partial charge in [-0.3, -0.25) is 4.99 Å². The summed E-state index contributed by atoms with van der Waals surface area (Å²) in [7, 11) is 0. The monoisotopic (exact) mass is 303 g/mol. The summed E-state index contributed by atoms with van der Waals surface area (Å²) in [4.78, 5) is 4.90. The highest BCUT2D eigenvalue weighted by molar-refractivity contribution is 6.13. The fourth-order valence-electron chi connectivity index (χ4n) is 2.94. The van der Waals surface area contributed by atoms with Gasteiger partial charge in [-0.2, -0.15) is 0 Å². The van der Waals surface area contributed by atoms with Crippen molar-refractivity contribution in [3.05, 3.63) is 77.9 Å². The van der Waals surface area contributed by atoms with E-state index in [0.29, 0.717) is 5.75 Å². The minimum atomic E-state index is 0.0597. The molecule has 1 N–H and O–H groups in total. The third kappa shape index (κ3) is 3.11. The van der Waals surface area contributed by atoms with Gasteiger partial charge in [-0.1, -0.05) is 67.6 Å². The molecule has 3 rings (SSSR count). The number of hydrogen-bond donors (Lipinski definition) is 1. The third-order valence-electron chi connectivity index (χ3n) is 4.16. The van der Waals surface area contributed by atoms with E-state index in [9.17, 15) is 5.11 Å². The molecule has 0 radical (unpaired) electrons. The van der Waals surface area contributed by atoms with Gasteiger partial charge in [0.2, 0.25) is 0 Å². The second-order valence-electron chi connectivity index (χ2n) is 5.70. The molecule has 0 spiro atoms. The molecule has 0 aliphatic heterocycles. The van der Waals surface area contributed by atoms with Crippen molar-refractivity contribution in [3.8, 4) is 5.75 Å². The third-order valence-corrected chi connectivity index (χ3v) is 4.16. The van der Waals surface area contributed by atoms with Crippen molar-refractivity contribution in [2.45, 2.75) is 26.3 Å². The Morgan fingerprint density at radius 2 is 1.65 bits per heavy atom. The topological polar surface area (TPSA) is 32.6 Å². The number of aromatic hydroxyl groups is 1. The number of phenols is 1. The van der Waals surface area contributed by atoms with Crippen molar-refractivity contribution in [1.82, 2.24) is 0 Å². The zero-order chi connectivity index (χ0) is 16.2. The first-order valence-corrected chi connectivity index (χ1v) is 8.03. The van der Waals surface area contributed by atoms with Crippen molar-refractivity contribution >= 4 is 16.5 Å². The Kier molecular flexibility index (Phi) is 4.42. The van der Waals surface area contributed by atoms with Crippen molar-refractivity contribution in [2.24, 2.45) is 4.99 Å². The number of fused-ring (bicyclic) bond motifs is 1. The van der Waals surface area contributed by atoms with Gasteiger partial charge in [-0.05, 0) is 35.7 Å². The highest BCUT2D eigenvalue weighted by Gasteiger charge is 2.13. The maximum atomic E-state index is 10.4. The van der Waals surface area contributed by atoms with Gasteiger partial charge >= 0.3 is 0 Å². The summed E-state index contributed by atoms with van der Waals surface area (Å²) in [6.45, 7) is 4.17. The molecule has 0 bridgehead atoms. The smallest absolute Gasteiger partial charge is 0.125 e. The zero-order valence-corrected chi connectivity index (χ0v) is 13.5. The van der Waals surface area contributed by atoms with Crippen molar-refractivity contribution in [3.63, 3.8) is 0 Å². The van der Waals surface area contributed by atoms with Crippen LogP contribution >= 0.6 is 0 Å². The molecule has 0 unspecified atom stereocenters. The van der Waals surface area contributed by atoms with Gasteiger partial charge < -0.3 is 5.11 Å². The Hall–Kier alpha value is -2.61. The number of aliphatic imine (C=N–C) groups is 1. The minimum absolute atomic E-state index is 0.0597. The van der Waals surface area contributed by atoms with Crippen LogP contribution in [0.1, 0.15) is 37.4 Å². The fraction of sp³-hybridized carbons (Fsp3) is 0.190. The second kappa shape index (κ2) is 6.66. The van der Waals surface area contributed by atoms with E-state index >= 15 is 0 Å². The van der Waals surface area contributed by atoms with Crippen LogP contribution in [-0.4, -0.2) is 10.8 Å². The van der Waals surface area contributed by atoms with Crippen molar-refractivity contribution in [1.29, 1.82) is 0 Å². The molecule has 0 aromatic heterocycles. The maximum Gasteiger partial charge on any atom is 0.125 e. The molecule has 2 nitrogen and oxygen atoms in total. The van der Waals surface area contributed by atoms with Crippen LogP contribution in [0.4, 0.5) is 0 Å². The number of rotatable bonds is 4. The number of phenolic OH excluding ortho intramolecular Hbond substituents is 1. The predicted octanol–water partition coefficient (Wildman–Crippen LogP) is 5.51. The molecule has 0 aliphatic carbocycles. The average molecular weight is 303 g/mol. The molecular weight excluding hydrogens is 282 g/mol. The van der Waals surface area contributed by atoms with E-state index in [4.69, 9.17) is 4.99 Å². The Labute approximate surface area is 137 Å². The van der Waals surface area contributed by atoms with E-state index in [1.54, 1.807) is 6.07 Å². The molecule has 116 valence electrons. The Morgan fingerprint density at radius 1 is 0.957 bits per heavy atom. The highest BCUT2D eigenvalue weighted by Crippen LogP contribution is 2.30. The van der Waals surface area contributed by atoms with Crippen LogP contribution in [0.5, 0.6) is 5.75 Å². The van der Waals surface area contributed by atoms with Crippen molar-refractivity contribution < 1.29 is 5.11 Å². The number of benzene rings is 3. The molecule has 2 heteroatoms. The first-order chi connectivity index (χ1) is 11.2. The summed E-state index contributed by atoms with van der Waals surface area (Å²) in [6, 6.07) is 22.1. The molecule has 0 saturated heterocycles. The quantitative estimate of drug-likeness (QED) is 0.634. The lowest BCUT2D eigenvalue weighted by atomic mass is 9.98. The van der Waals surface area contributed by atoms with Crippen LogP contribution in [0.2, 0.25) is 0 Å². The number of nitrogens with zero attached hydrogens (tertiary/aromatic N) is 1. The van der Waals surface area contributed by atoms with Crippen LogP contribution in [0.25, 0.3) is 10.8 Å². The molecule has 1 atom stereocenters. The van der Waals surface area contributed by atoms with Crippen LogP contribution in [0, 0.1) is 0 Å². The van der Waals surface area contributed by atoms with E-state index in [2.05, 4.69) is 32.0 Å². The van der Waals surface area contributed by atoms with E-state index in [1.165, 1.54) is 5.56 Å². The lowest BCUT2D eigenvalue weighted by molar-refractivity contribution is 0.475. The summed E-state index contributed by atoms with van der Waals surface area (Å²) in [6.07, 6.45) is 0.777. The largest absolute Gasteiger partial charge is 0.507 e. The molecule has 0 amide bonds. The van der Waals surface area contributed by atoms with Crippen LogP contribution in [0.15, 0.2) is 71.7 Å². The van der Waals surface area contributed by atoms with Gasteiger partial charge in [0.25, 0.3) is 0 Å². The summed E-state index contributed by atoms with van der Waals surface area (Å²) in [5.74, 6) is 0.296. The molecule has 0 heterocycles. The summed E-state index contributed by atoms with van der Waals surface area (Å²) >= 11 is 0. The molecule has 0 saturated carbocycles. The van der Waals surface area contributed by atoms with E-state index in [-0.39, 0.29) is 6.04 Å². The van der Waals surface area contributed by atoms with E-state index in [0.717, 1.165) is 28.5 Å². The molecule has 0 fully saturated rings. The second-order valence-corrected chi connectivity index (χ2v) is 5.70. The lowest BCUT2D eigenvalue weighted by Gasteiger charge is -2.14. The molecular formula is C21H21NO. The van der Waals surface area contributed by atoms with Crippen molar-refractivity contribution in [2.75, 3.05) is 0 Å². The molecule has 0 aliphatic rings.